The lowest BCUT2D eigenvalue weighted by molar-refractivity contribution is -0.163. The normalized spacial score (nSPS) is 22.5. The van der Waals surface area contributed by atoms with Crippen LogP contribution in [0.1, 0.15) is 12.8 Å². The number of carboxylic acid groups (broad SMARTS) is 1. The molecule has 1 atom stereocenters. The van der Waals surface area contributed by atoms with Crippen molar-refractivity contribution in [1.82, 2.24) is 14.7 Å². The van der Waals surface area contributed by atoms with E-state index in [0.29, 0.717) is 37.8 Å². The van der Waals surface area contributed by atoms with Gasteiger partial charge in [-0.25, -0.2) is 4.79 Å². The number of piperidine rings is 1. The minimum absolute atomic E-state index is 0.148. The molecule has 0 spiro atoms. The number of likely N-dealkylation sites (tertiary alicyclic amines) is 1. The van der Waals surface area contributed by atoms with Gasteiger partial charge in [0.1, 0.15) is 5.69 Å². The molecule has 0 aliphatic carbocycles. The molecule has 1 amide bonds. The second-order valence-corrected chi connectivity index (χ2v) is 6.72. The molecule has 9 heteroatoms. The average Bonchev–Trinajstić information content (AvgIpc) is 3.40. The van der Waals surface area contributed by atoms with Gasteiger partial charge in [-0.1, -0.05) is 0 Å². The number of carbonyl (C=O) groups is 2. The third-order valence-corrected chi connectivity index (χ3v) is 5.19. The summed E-state index contributed by atoms with van der Waals surface area (Å²) < 4.78 is 17.6. The summed E-state index contributed by atoms with van der Waals surface area (Å²) >= 11 is 0. The fraction of sp³-hybridized carbons (Fsp3) is 0.500. The molecule has 4 heterocycles. The topological polar surface area (TPSA) is 107 Å². The van der Waals surface area contributed by atoms with Gasteiger partial charge in [-0.05, 0) is 18.2 Å². The van der Waals surface area contributed by atoms with Crippen LogP contribution in [-0.2, 0) is 24.6 Å². The SMILES string of the molecule is O=C(C1COCCO1)N1CCC(C(=O)O)(n2ccc(-c3ccco3)n2)CC1. The molecule has 0 aromatic carbocycles. The molecule has 0 radical (unpaired) electrons. The van der Waals surface area contributed by atoms with E-state index in [-0.39, 0.29) is 25.4 Å². The Morgan fingerprint density at radius 2 is 2.04 bits per heavy atom. The predicted octanol–water partition coefficient (Wildman–Crippen LogP) is 0.961. The van der Waals surface area contributed by atoms with E-state index in [1.54, 1.807) is 35.6 Å². The second-order valence-electron chi connectivity index (χ2n) is 6.72. The maximum atomic E-state index is 12.6. The van der Waals surface area contributed by atoms with Crippen LogP contribution in [0, 0.1) is 0 Å². The third kappa shape index (κ3) is 3.24. The number of carboxylic acids is 1. The van der Waals surface area contributed by atoms with Crippen LogP contribution in [0.25, 0.3) is 11.5 Å². The summed E-state index contributed by atoms with van der Waals surface area (Å²) in [6.45, 7) is 1.77. The smallest absolute Gasteiger partial charge is 0.331 e. The molecule has 1 unspecified atom stereocenters. The highest BCUT2D eigenvalue weighted by molar-refractivity contribution is 5.82. The number of aromatic nitrogens is 2. The Labute approximate surface area is 155 Å². The molecule has 0 saturated carbocycles. The van der Waals surface area contributed by atoms with Crippen molar-refractivity contribution in [2.75, 3.05) is 32.9 Å². The van der Waals surface area contributed by atoms with Gasteiger partial charge in [-0.15, -0.1) is 0 Å². The minimum Gasteiger partial charge on any atom is -0.479 e. The second kappa shape index (κ2) is 7.16. The monoisotopic (exact) mass is 375 g/mol. The molecule has 2 aliphatic rings. The number of nitrogens with zero attached hydrogens (tertiary/aromatic N) is 3. The first-order chi connectivity index (χ1) is 13.1. The summed E-state index contributed by atoms with van der Waals surface area (Å²) in [5, 5.41) is 14.3. The van der Waals surface area contributed by atoms with Gasteiger partial charge >= 0.3 is 5.97 Å². The summed E-state index contributed by atoms with van der Waals surface area (Å²) in [5.74, 6) is -0.525. The van der Waals surface area contributed by atoms with Crippen molar-refractivity contribution in [3.8, 4) is 11.5 Å². The molecule has 2 fully saturated rings. The van der Waals surface area contributed by atoms with Gasteiger partial charge in [0.05, 0.1) is 26.1 Å². The van der Waals surface area contributed by atoms with Gasteiger partial charge in [0.15, 0.2) is 17.4 Å². The van der Waals surface area contributed by atoms with Crippen molar-refractivity contribution in [3.05, 3.63) is 30.7 Å². The van der Waals surface area contributed by atoms with Crippen LogP contribution >= 0.6 is 0 Å². The first-order valence-electron chi connectivity index (χ1n) is 8.92. The van der Waals surface area contributed by atoms with Crippen LogP contribution < -0.4 is 0 Å². The molecule has 4 rings (SSSR count). The lowest BCUT2D eigenvalue weighted by Crippen LogP contribution is -2.55. The van der Waals surface area contributed by atoms with Gasteiger partial charge in [-0.3, -0.25) is 9.48 Å². The number of carbonyl (C=O) groups excluding carboxylic acids is 1. The van der Waals surface area contributed by atoms with E-state index >= 15 is 0 Å². The highest BCUT2D eigenvalue weighted by atomic mass is 16.6. The van der Waals surface area contributed by atoms with E-state index in [1.807, 2.05) is 0 Å². The summed E-state index contributed by atoms with van der Waals surface area (Å²) in [7, 11) is 0. The number of ether oxygens (including phenoxy) is 2. The number of rotatable bonds is 4. The summed E-state index contributed by atoms with van der Waals surface area (Å²) in [6, 6.07) is 5.25. The van der Waals surface area contributed by atoms with E-state index < -0.39 is 17.6 Å². The molecule has 27 heavy (non-hydrogen) atoms. The van der Waals surface area contributed by atoms with Crippen molar-refractivity contribution < 1.29 is 28.6 Å². The van der Waals surface area contributed by atoms with Gasteiger partial charge in [-0.2, -0.15) is 5.10 Å². The van der Waals surface area contributed by atoms with E-state index in [4.69, 9.17) is 13.9 Å². The highest BCUT2D eigenvalue weighted by Gasteiger charge is 2.46. The van der Waals surface area contributed by atoms with Crippen LogP contribution in [-0.4, -0.2) is 70.7 Å². The Bertz CT molecular complexity index is 801. The minimum atomic E-state index is -1.19. The van der Waals surface area contributed by atoms with Crippen molar-refractivity contribution in [3.63, 3.8) is 0 Å². The molecular formula is C18H21N3O6. The molecular weight excluding hydrogens is 354 g/mol. The number of furan rings is 1. The zero-order valence-corrected chi connectivity index (χ0v) is 14.7. The molecule has 9 nitrogen and oxygen atoms in total. The Kier molecular flexibility index (Phi) is 4.71. The fourth-order valence-corrected chi connectivity index (χ4v) is 3.59. The molecule has 2 saturated heterocycles. The van der Waals surface area contributed by atoms with Crippen LogP contribution in [0.5, 0.6) is 0 Å². The standard InChI is InChI=1S/C18H21N3O6/c22-16(15-12-25-10-11-27-15)20-7-4-18(5-8-20,17(23)24)21-6-3-13(19-21)14-2-1-9-26-14/h1-3,6,9,15H,4-5,7-8,10-12H2,(H,23,24). The van der Waals surface area contributed by atoms with Crippen LogP contribution in [0.4, 0.5) is 0 Å². The van der Waals surface area contributed by atoms with E-state index in [0.717, 1.165) is 0 Å². The van der Waals surface area contributed by atoms with E-state index in [9.17, 15) is 14.7 Å². The summed E-state index contributed by atoms with van der Waals surface area (Å²) in [5.41, 5.74) is -0.613. The number of amides is 1. The molecule has 2 aromatic heterocycles. The first-order valence-corrected chi connectivity index (χ1v) is 8.92. The molecule has 2 aliphatic heterocycles. The first kappa shape index (κ1) is 17.7. The Morgan fingerprint density at radius 1 is 1.22 bits per heavy atom. The summed E-state index contributed by atoms with van der Waals surface area (Å²) in [4.78, 5) is 26.3. The molecule has 144 valence electrons. The number of hydrogen-bond donors (Lipinski definition) is 1. The fourth-order valence-electron chi connectivity index (χ4n) is 3.59. The van der Waals surface area contributed by atoms with E-state index in [2.05, 4.69) is 5.10 Å². The lowest BCUT2D eigenvalue weighted by Gasteiger charge is -2.40. The zero-order valence-electron chi connectivity index (χ0n) is 14.7. The van der Waals surface area contributed by atoms with Crippen LogP contribution in [0.15, 0.2) is 35.1 Å². The van der Waals surface area contributed by atoms with E-state index in [1.165, 1.54) is 4.68 Å². The quantitative estimate of drug-likeness (QED) is 0.848. The molecule has 2 aromatic rings. The maximum absolute atomic E-state index is 12.6. The average molecular weight is 375 g/mol. The number of aliphatic carboxylic acids is 1. The van der Waals surface area contributed by atoms with Crippen LogP contribution in [0.2, 0.25) is 0 Å². The van der Waals surface area contributed by atoms with Gasteiger partial charge in [0.2, 0.25) is 0 Å². The van der Waals surface area contributed by atoms with Crippen LogP contribution in [0.3, 0.4) is 0 Å². The Hall–Kier alpha value is -2.65. The van der Waals surface area contributed by atoms with Crippen molar-refractivity contribution >= 4 is 11.9 Å². The van der Waals surface area contributed by atoms with Gasteiger partial charge < -0.3 is 23.9 Å². The largest absolute Gasteiger partial charge is 0.479 e. The maximum Gasteiger partial charge on any atom is 0.331 e. The third-order valence-electron chi connectivity index (χ3n) is 5.19. The van der Waals surface area contributed by atoms with Gasteiger partial charge in [0.25, 0.3) is 5.91 Å². The highest BCUT2D eigenvalue weighted by Crippen LogP contribution is 2.32. The van der Waals surface area contributed by atoms with Crippen molar-refractivity contribution in [2.45, 2.75) is 24.5 Å². The van der Waals surface area contributed by atoms with Crippen molar-refractivity contribution in [2.24, 2.45) is 0 Å². The summed E-state index contributed by atoms with van der Waals surface area (Å²) in [6.07, 6.45) is 3.12. The lowest BCUT2D eigenvalue weighted by atomic mass is 9.87. The number of hydrogen-bond acceptors (Lipinski definition) is 6. The zero-order chi connectivity index (χ0) is 18.9. The Morgan fingerprint density at radius 3 is 2.67 bits per heavy atom. The predicted molar refractivity (Wildman–Crippen MR) is 91.9 cm³/mol. The Balaban J connectivity index is 1.49. The van der Waals surface area contributed by atoms with Crippen molar-refractivity contribution in [1.29, 1.82) is 0 Å². The molecule has 1 N–H and O–H groups in total. The van der Waals surface area contributed by atoms with Gasteiger partial charge in [0, 0.05) is 32.1 Å². The molecule has 0 bridgehead atoms.